The number of rotatable bonds is 4. The highest BCUT2D eigenvalue weighted by Gasteiger charge is 2.14. The molecule has 0 aliphatic rings. The van der Waals surface area contributed by atoms with Crippen molar-refractivity contribution >= 4 is 38.5 Å². The van der Waals surface area contributed by atoms with Crippen molar-refractivity contribution in [2.75, 3.05) is 7.11 Å². The molecule has 0 saturated heterocycles. The number of hydrogen-bond acceptors (Lipinski definition) is 3. The lowest BCUT2D eigenvalue weighted by molar-refractivity contribution is -0.121. The van der Waals surface area contributed by atoms with Crippen molar-refractivity contribution in [2.24, 2.45) is 0 Å². The maximum atomic E-state index is 12.4. The maximum Gasteiger partial charge on any atom is 0.269 e. The Balaban J connectivity index is 1.73. The zero-order chi connectivity index (χ0) is 19.4. The summed E-state index contributed by atoms with van der Waals surface area (Å²) in [6.07, 6.45) is 0.0797. The van der Waals surface area contributed by atoms with Gasteiger partial charge in [0.25, 0.3) is 5.91 Å². The van der Waals surface area contributed by atoms with Crippen molar-refractivity contribution in [1.29, 1.82) is 0 Å². The molecule has 0 aliphatic carbocycles. The third-order valence-electron chi connectivity index (χ3n) is 4.24. The smallest absolute Gasteiger partial charge is 0.269 e. The molecule has 2 amide bonds. The number of carbonyl (C=O) groups is 2. The number of methoxy groups -OCH3 is 1. The molecule has 5 nitrogen and oxygen atoms in total. The van der Waals surface area contributed by atoms with Gasteiger partial charge in [0.15, 0.2) is 0 Å². The minimum absolute atomic E-state index is 0.0797. The minimum Gasteiger partial charge on any atom is -0.496 e. The monoisotopic (exact) mass is 426 g/mol. The van der Waals surface area contributed by atoms with Crippen LogP contribution in [0.4, 0.5) is 0 Å². The average Bonchev–Trinajstić information content (AvgIpc) is 2.66. The van der Waals surface area contributed by atoms with Crippen LogP contribution in [0.1, 0.15) is 21.5 Å². The number of benzene rings is 3. The highest BCUT2D eigenvalue weighted by molar-refractivity contribution is 9.10. The molecular weight excluding hydrogens is 408 g/mol. The van der Waals surface area contributed by atoms with Crippen molar-refractivity contribution in [3.05, 3.63) is 75.8 Å². The van der Waals surface area contributed by atoms with Gasteiger partial charge < -0.3 is 4.74 Å². The van der Waals surface area contributed by atoms with E-state index < -0.39 is 0 Å². The average molecular weight is 427 g/mol. The first-order chi connectivity index (χ1) is 13.0. The summed E-state index contributed by atoms with van der Waals surface area (Å²) < 4.78 is 6.37. The lowest BCUT2D eigenvalue weighted by Gasteiger charge is -2.13. The number of amides is 2. The molecule has 0 spiro atoms. The number of carbonyl (C=O) groups excluding carboxylic acids is 2. The first kappa shape index (κ1) is 18.9. The van der Waals surface area contributed by atoms with E-state index in [9.17, 15) is 9.59 Å². The van der Waals surface area contributed by atoms with Gasteiger partial charge in [-0.2, -0.15) is 0 Å². The van der Waals surface area contributed by atoms with Crippen LogP contribution >= 0.6 is 15.9 Å². The standard InChI is InChI=1S/C21H19BrN2O3/c1-13-3-5-14(6-4-13)21(26)24-23-20(25)12-18-17-9-8-16(22)11-15(17)7-10-19(18)27-2/h3-11H,12H2,1-2H3,(H,23,25)(H,24,26). The van der Waals surface area contributed by atoms with Crippen molar-refractivity contribution in [3.63, 3.8) is 0 Å². The summed E-state index contributed by atoms with van der Waals surface area (Å²) in [6, 6.07) is 16.7. The molecule has 27 heavy (non-hydrogen) atoms. The number of halogens is 1. The van der Waals surface area contributed by atoms with Crippen LogP contribution in [0.15, 0.2) is 59.1 Å². The van der Waals surface area contributed by atoms with E-state index in [0.29, 0.717) is 11.3 Å². The Kier molecular flexibility index (Phi) is 5.76. The topological polar surface area (TPSA) is 67.4 Å². The van der Waals surface area contributed by atoms with Crippen molar-refractivity contribution in [2.45, 2.75) is 13.3 Å². The van der Waals surface area contributed by atoms with Crippen LogP contribution in [0.3, 0.4) is 0 Å². The Morgan fingerprint density at radius 3 is 2.44 bits per heavy atom. The molecule has 0 aromatic heterocycles. The molecule has 0 saturated carbocycles. The van der Waals surface area contributed by atoms with Gasteiger partial charge in [-0.15, -0.1) is 0 Å². The fourth-order valence-corrected chi connectivity index (χ4v) is 3.21. The van der Waals surface area contributed by atoms with E-state index in [1.54, 1.807) is 19.2 Å². The second-order valence-corrected chi connectivity index (χ2v) is 7.07. The van der Waals surface area contributed by atoms with E-state index in [0.717, 1.165) is 26.4 Å². The second kappa shape index (κ2) is 8.22. The van der Waals surface area contributed by atoms with E-state index >= 15 is 0 Å². The zero-order valence-corrected chi connectivity index (χ0v) is 16.6. The number of aryl methyl sites for hydroxylation is 1. The van der Waals surface area contributed by atoms with Crippen molar-refractivity contribution < 1.29 is 14.3 Å². The van der Waals surface area contributed by atoms with Gasteiger partial charge in [-0.3, -0.25) is 20.4 Å². The number of fused-ring (bicyclic) bond motifs is 1. The Hall–Kier alpha value is -2.86. The third kappa shape index (κ3) is 4.46. The fourth-order valence-electron chi connectivity index (χ4n) is 2.83. The SMILES string of the molecule is COc1ccc2cc(Br)ccc2c1CC(=O)NNC(=O)c1ccc(C)cc1. The zero-order valence-electron chi connectivity index (χ0n) is 15.0. The normalized spacial score (nSPS) is 10.5. The van der Waals surface area contributed by atoms with Gasteiger partial charge >= 0.3 is 0 Å². The maximum absolute atomic E-state index is 12.4. The summed E-state index contributed by atoms with van der Waals surface area (Å²) in [6.45, 7) is 1.94. The summed E-state index contributed by atoms with van der Waals surface area (Å²) in [5, 5.41) is 1.93. The van der Waals surface area contributed by atoms with Gasteiger partial charge in [-0.1, -0.05) is 45.8 Å². The molecular formula is C21H19BrN2O3. The Morgan fingerprint density at radius 1 is 1.00 bits per heavy atom. The summed E-state index contributed by atoms with van der Waals surface area (Å²) in [4.78, 5) is 24.5. The summed E-state index contributed by atoms with van der Waals surface area (Å²) >= 11 is 3.45. The Bertz CT molecular complexity index is 1000. The Labute approximate surface area is 165 Å². The lowest BCUT2D eigenvalue weighted by atomic mass is 10.0. The molecule has 0 fully saturated rings. The van der Waals surface area contributed by atoms with Gasteiger partial charge in [-0.05, 0) is 48.0 Å². The van der Waals surface area contributed by atoms with Crippen LogP contribution in [-0.4, -0.2) is 18.9 Å². The predicted molar refractivity (Wildman–Crippen MR) is 109 cm³/mol. The molecule has 2 N–H and O–H groups in total. The number of hydrogen-bond donors (Lipinski definition) is 2. The molecule has 6 heteroatoms. The van der Waals surface area contributed by atoms with Gasteiger partial charge in [-0.25, -0.2) is 0 Å². The molecule has 3 aromatic carbocycles. The quantitative estimate of drug-likeness (QED) is 0.621. The highest BCUT2D eigenvalue weighted by Crippen LogP contribution is 2.30. The third-order valence-corrected chi connectivity index (χ3v) is 4.73. The summed E-state index contributed by atoms with van der Waals surface area (Å²) in [7, 11) is 1.57. The molecule has 3 rings (SSSR count). The van der Waals surface area contributed by atoms with E-state index in [4.69, 9.17) is 4.74 Å². The van der Waals surface area contributed by atoms with Crippen molar-refractivity contribution in [3.8, 4) is 5.75 Å². The molecule has 0 unspecified atom stereocenters. The van der Waals surface area contributed by atoms with Crippen LogP contribution < -0.4 is 15.6 Å². The number of nitrogens with one attached hydrogen (secondary N) is 2. The fraction of sp³-hybridized carbons (Fsp3) is 0.143. The van der Waals surface area contributed by atoms with Crippen LogP contribution in [0.5, 0.6) is 5.75 Å². The number of ether oxygens (including phenoxy) is 1. The molecule has 0 bridgehead atoms. The molecule has 3 aromatic rings. The van der Waals surface area contributed by atoms with Gasteiger partial charge in [0.1, 0.15) is 5.75 Å². The first-order valence-corrected chi connectivity index (χ1v) is 9.18. The molecule has 0 aliphatic heterocycles. The Morgan fingerprint density at radius 2 is 1.74 bits per heavy atom. The molecule has 0 atom stereocenters. The largest absolute Gasteiger partial charge is 0.496 e. The highest BCUT2D eigenvalue weighted by atomic mass is 79.9. The van der Waals surface area contributed by atoms with Gasteiger partial charge in [0.05, 0.1) is 13.5 Å². The van der Waals surface area contributed by atoms with Gasteiger partial charge in [0.2, 0.25) is 5.91 Å². The van der Waals surface area contributed by atoms with Gasteiger partial charge in [0, 0.05) is 15.6 Å². The lowest BCUT2D eigenvalue weighted by Crippen LogP contribution is -2.42. The van der Waals surface area contributed by atoms with E-state index in [-0.39, 0.29) is 18.2 Å². The van der Waals surface area contributed by atoms with E-state index in [1.807, 2.05) is 49.4 Å². The van der Waals surface area contributed by atoms with Crippen LogP contribution in [0.2, 0.25) is 0 Å². The minimum atomic E-state index is -0.364. The summed E-state index contributed by atoms with van der Waals surface area (Å²) in [5.41, 5.74) is 7.22. The second-order valence-electron chi connectivity index (χ2n) is 6.16. The summed E-state index contributed by atoms with van der Waals surface area (Å²) in [5.74, 6) is -0.0637. The first-order valence-electron chi connectivity index (χ1n) is 8.39. The van der Waals surface area contributed by atoms with Crippen molar-refractivity contribution in [1.82, 2.24) is 10.9 Å². The van der Waals surface area contributed by atoms with E-state index in [1.165, 1.54) is 0 Å². The van der Waals surface area contributed by atoms with Crippen LogP contribution in [0, 0.1) is 6.92 Å². The predicted octanol–water partition coefficient (Wildman–Crippen LogP) is 3.92. The molecule has 0 heterocycles. The molecule has 138 valence electrons. The van der Waals surface area contributed by atoms with Crippen LogP contribution in [0.25, 0.3) is 10.8 Å². The van der Waals surface area contributed by atoms with Crippen LogP contribution in [-0.2, 0) is 11.2 Å². The van der Waals surface area contributed by atoms with E-state index in [2.05, 4.69) is 26.8 Å². The molecule has 0 radical (unpaired) electrons. The number of hydrazine groups is 1.